The second-order valence-electron chi connectivity index (χ2n) is 10.5. The average molecular weight is 393 g/mol. The van der Waals surface area contributed by atoms with Gasteiger partial charge >= 0.3 is 0 Å². The van der Waals surface area contributed by atoms with Crippen LogP contribution in [0, 0.1) is 5.92 Å². The first-order valence-corrected chi connectivity index (χ1v) is 14.4. The third-order valence-electron chi connectivity index (χ3n) is 7.09. The molecule has 152 valence electrons. The van der Waals surface area contributed by atoms with Gasteiger partial charge in [0, 0.05) is 0 Å². The summed E-state index contributed by atoms with van der Waals surface area (Å²) in [5.74, 6) is 2.68. The van der Waals surface area contributed by atoms with Crippen LogP contribution in [0.15, 0.2) is 42.5 Å². The van der Waals surface area contributed by atoms with Gasteiger partial charge < -0.3 is 0 Å². The maximum atomic E-state index is 2.58. The lowest BCUT2D eigenvalue weighted by Crippen LogP contribution is -2.42. The van der Waals surface area contributed by atoms with E-state index < -0.39 is 8.07 Å². The van der Waals surface area contributed by atoms with E-state index in [1.54, 1.807) is 21.9 Å². The minimum absolute atomic E-state index is 0.599. The Labute approximate surface area is 174 Å². The van der Waals surface area contributed by atoms with Crippen LogP contribution in [-0.2, 0) is 6.42 Å². The van der Waals surface area contributed by atoms with E-state index >= 15 is 0 Å². The smallest absolute Gasteiger partial charge is 0.0652 e. The molecule has 2 aromatic carbocycles. The highest BCUT2D eigenvalue weighted by Gasteiger charge is 2.49. The van der Waals surface area contributed by atoms with Crippen molar-refractivity contribution in [3.05, 3.63) is 64.7 Å². The molecule has 0 nitrogen and oxygen atoms in total. The highest BCUT2D eigenvalue weighted by molar-refractivity contribution is 6.91. The molecule has 0 N–H and O–H groups in total. The van der Waals surface area contributed by atoms with Crippen molar-refractivity contribution in [2.45, 2.75) is 90.8 Å². The molecule has 1 aliphatic carbocycles. The normalized spacial score (nSPS) is 19.7. The minimum Gasteiger partial charge on any atom is -0.0652 e. The topological polar surface area (TPSA) is 0 Å². The van der Waals surface area contributed by atoms with E-state index in [1.165, 1.54) is 18.4 Å². The molecule has 1 aliphatic rings. The molecule has 0 spiro atoms. The molecule has 0 radical (unpaired) electrons. The van der Waals surface area contributed by atoms with Crippen molar-refractivity contribution >= 4 is 13.3 Å². The number of hydrogen-bond acceptors (Lipinski definition) is 0. The summed E-state index contributed by atoms with van der Waals surface area (Å²) in [5, 5.41) is 1.63. The van der Waals surface area contributed by atoms with Crippen molar-refractivity contribution in [3.8, 4) is 0 Å². The predicted octanol–water partition coefficient (Wildman–Crippen LogP) is 7.61. The van der Waals surface area contributed by atoms with Gasteiger partial charge in [0.25, 0.3) is 0 Å². The van der Waals surface area contributed by atoms with Gasteiger partial charge in [-0.15, -0.1) is 0 Å². The Morgan fingerprint density at radius 3 is 1.82 bits per heavy atom. The molecular formula is C27H40Si. The van der Waals surface area contributed by atoms with Crippen LogP contribution in [0.2, 0.25) is 18.6 Å². The Kier molecular flexibility index (Phi) is 6.25. The summed E-state index contributed by atoms with van der Waals surface area (Å²) in [6.07, 6.45) is 2.71. The van der Waals surface area contributed by atoms with E-state index in [-0.39, 0.29) is 0 Å². The zero-order valence-corrected chi connectivity index (χ0v) is 20.3. The van der Waals surface area contributed by atoms with Crippen LogP contribution in [0.1, 0.15) is 88.0 Å². The van der Waals surface area contributed by atoms with Gasteiger partial charge in [-0.3, -0.25) is 0 Å². The molecule has 0 heterocycles. The highest BCUT2D eigenvalue weighted by atomic mass is 28.3. The van der Waals surface area contributed by atoms with Crippen LogP contribution in [-0.4, -0.2) is 8.07 Å². The van der Waals surface area contributed by atoms with Crippen LogP contribution in [0.5, 0.6) is 0 Å². The predicted molar refractivity (Wildman–Crippen MR) is 128 cm³/mol. The maximum absolute atomic E-state index is 2.58. The minimum atomic E-state index is -1.38. The summed E-state index contributed by atoms with van der Waals surface area (Å²) < 4.78 is 0. The standard InChI is InChI=1S/C27H40Si/c1-18(2)21-14-24(19(3)4)26(25(15-21)20(5)6)16-22-17-27(22)28(7,8)23-12-10-9-11-13-23/h9-15,18-20,22,27H,16-17H2,1-8H3. The van der Waals surface area contributed by atoms with Crippen molar-refractivity contribution in [3.63, 3.8) is 0 Å². The molecule has 0 saturated heterocycles. The lowest BCUT2D eigenvalue weighted by atomic mass is 9.82. The molecule has 2 atom stereocenters. The Morgan fingerprint density at radius 1 is 0.821 bits per heavy atom. The van der Waals surface area contributed by atoms with Gasteiger partial charge in [0.05, 0.1) is 8.07 Å². The zero-order valence-electron chi connectivity index (χ0n) is 19.3. The second-order valence-corrected chi connectivity index (χ2v) is 15.3. The molecule has 2 unspecified atom stereocenters. The van der Waals surface area contributed by atoms with Crippen molar-refractivity contribution in [2.24, 2.45) is 5.92 Å². The fraction of sp³-hybridized carbons (Fsp3) is 0.556. The van der Waals surface area contributed by atoms with Gasteiger partial charge in [-0.25, -0.2) is 0 Å². The third-order valence-corrected chi connectivity index (χ3v) is 11.5. The molecule has 2 aromatic rings. The number of benzene rings is 2. The van der Waals surface area contributed by atoms with Crippen LogP contribution in [0.4, 0.5) is 0 Å². The zero-order chi connectivity index (χ0) is 20.6. The van der Waals surface area contributed by atoms with Crippen molar-refractivity contribution in [2.75, 3.05) is 0 Å². The van der Waals surface area contributed by atoms with E-state index in [1.807, 2.05) is 0 Å². The van der Waals surface area contributed by atoms with E-state index in [9.17, 15) is 0 Å². The van der Waals surface area contributed by atoms with Gasteiger partial charge in [-0.2, -0.15) is 0 Å². The van der Waals surface area contributed by atoms with Gasteiger partial charge in [0.15, 0.2) is 0 Å². The summed E-state index contributed by atoms with van der Waals surface area (Å²) in [5.41, 5.74) is 7.35. The molecule has 1 fully saturated rings. The Hall–Kier alpha value is -1.34. The van der Waals surface area contributed by atoms with Crippen molar-refractivity contribution < 1.29 is 0 Å². The molecule has 28 heavy (non-hydrogen) atoms. The Balaban J connectivity index is 1.91. The van der Waals surface area contributed by atoms with Crippen molar-refractivity contribution in [1.29, 1.82) is 0 Å². The first-order valence-electron chi connectivity index (χ1n) is 11.3. The fourth-order valence-corrected chi connectivity index (χ4v) is 8.71. The Bertz CT molecular complexity index is 769. The van der Waals surface area contributed by atoms with Crippen LogP contribution in [0.3, 0.4) is 0 Å². The Morgan fingerprint density at radius 2 is 1.36 bits per heavy atom. The van der Waals surface area contributed by atoms with E-state index in [0.29, 0.717) is 17.8 Å². The molecule has 0 bridgehead atoms. The molecule has 1 saturated carbocycles. The van der Waals surface area contributed by atoms with Crippen LogP contribution >= 0.6 is 0 Å². The fourth-order valence-electron chi connectivity index (χ4n) is 5.04. The maximum Gasteiger partial charge on any atom is 0.0839 e. The molecular weight excluding hydrogens is 352 g/mol. The van der Waals surface area contributed by atoms with Gasteiger partial charge in [0.2, 0.25) is 0 Å². The van der Waals surface area contributed by atoms with Gasteiger partial charge in [0.1, 0.15) is 0 Å². The molecule has 0 aliphatic heterocycles. The summed E-state index contributed by atoms with van der Waals surface area (Å²) >= 11 is 0. The molecule has 1 heteroatoms. The number of hydrogen-bond donors (Lipinski definition) is 0. The largest absolute Gasteiger partial charge is 0.0839 e. The number of rotatable bonds is 7. The molecule has 0 amide bonds. The summed E-state index contributed by atoms with van der Waals surface area (Å²) in [6.45, 7) is 19.3. The average Bonchev–Trinajstić information content (AvgIpc) is 3.42. The lowest BCUT2D eigenvalue weighted by molar-refractivity contribution is 0.737. The van der Waals surface area contributed by atoms with Gasteiger partial charge in [-0.05, 0) is 64.3 Å². The third kappa shape index (κ3) is 4.30. The SMILES string of the molecule is CC(C)c1cc(C(C)C)c(CC2CC2[Si](C)(C)c2ccccc2)c(C(C)C)c1. The lowest BCUT2D eigenvalue weighted by Gasteiger charge is -2.25. The monoisotopic (exact) mass is 392 g/mol. The van der Waals surface area contributed by atoms with Crippen LogP contribution in [0.25, 0.3) is 0 Å². The molecule has 3 rings (SSSR count). The van der Waals surface area contributed by atoms with Crippen LogP contribution < -0.4 is 5.19 Å². The first kappa shape index (κ1) is 21.4. The van der Waals surface area contributed by atoms with E-state index in [2.05, 4.69) is 97.1 Å². The van der Waals surface area contributed by atoms with E-state index in [4.69, 9.17) is 0 Å². The summed E-state index contributed by atoms with van der Waals surface area (Å²) in [4.78, 5) is 0. The quantitative estimate of drug-likeness (QED) is 0.425. The molecule has 0 aromatic heterocycles. The second kappa shape index (κ2) is 8.18. The summed E-state index contributed by atoms with van der Waals surface area (Å²) in [7, 11) is -1.38. The highest BCUT2D eigenvalue weighted by Crippen LogP contribution is 2.54. The first-order chi connectivity index (χ1) is 13.1. The van der Waals surface area contributed by atoms with E-state index in [0.717, 1.165) is 11.5 Å². The summed E-state index contributed by atoms with van der Waals surface area (Å²) in [6, 6.07) is 16.4. The van der Waals surface area contributed by atoms with Gasteiger partial charge in [-0.1, -0.05) is 102 Å². The van der Waals surface area contributed by atoms with Crippen molar-refractivity contribution in [1.82, 2.24) is 0 Å².